The Morgan fingerprint density at radius 1 is 1.32 bits per heavy atom. The minimum absolute atomic E-state index is 0.185. The highest BCUT2D eigenvalue weighted by atomic mass is 35.5. The molecule has 0 saturated heterocycles. The maximum absolute atomic E-state index is 12.9. The Hall–Kier alpha value is -1.99. The van der Waals surface area contributed by atoms with Crippen LogP contribution < -0.4 is 5.32 Å². The van der Waals surface area contributed by atoms with Crippen molar-refractivity contribution in [1.29, 1.82) is 0 Å². The lowest BCUT2D eigenvalue weighted by atomic mass is 9.99. The summed E-state index contributed by atoms with van der Waals surface area (Å²) in [4.78, 5) is 28.9. The number of thioether (sulfide) groups is 1. The zero-order chi connectivity index (χ0) is 20.7. The number of aromatic nitrogens is 2. The first-order chi connectivity index (χ1) is 13.4. The molecule has 1 aromatic carbocycles. The molecule has 0 radical (unpaired) electrons. The lowest BCUT2D eigenvalue weighted by Gasteiger charge is -2.20. The van der Waals surface area contributed by atoms with Crippen LogP contribution in [0.4, 0.5) is 0 Å². The highest BCUT2D eigenvalue weighted by Gasteiger charge is 2.27. The molecule has 0 saturated carbocycles. The average molecular weight is 424 g/mol. The molecule has 0 aliphatic rings. The largest absolute Gasteiger partial charge is 0.480 e. The summed E-state index contributed by atoms with van der Waals surface area (Å²) in [6.45, 7) is 6.16. The van der Waals surface area contributed by atoms with Crippen molar-refractivity contribution < 1.29 is 14.7 Å². The summed E-state index contributed by atoms with van der Waals surface area (Å²) in [5, 5.41) is 13.4. The standard InChI is InChI=1S/C20H26ClN3O3S/c1-4-10-28-20-22-11-16(18(25)23-17(19(26)27)13(3)5-2)24(20)12-14-8-6-7-9-15(14)21/h6-9,11,13,17H,4-5,10,12H2,1-3H3,(H,23,25)(H,26,27)/t13-,17-/m0/s1. The van der Waals surface area contributed by atoms with Crippen molar-refractivity contribution in [1.82, 2.24) is 14.9 Å². The number of carboxylic acid groups (broad SMARTS) is 1. The van der Waals surface area contributed by atoms with Gasteiger partial charge in [0.05, 0.1) is 12.7 Å². The zero-order valence-corrected chi connectivity index (χ0v) is 17.9. The molecular formula is C20H26ClN3O3S. The summed E-state index contributed by atoms with van der Waals surface area (Å²) in [5.74, 6) is -0.808. The predicted molar refractivity (Wildman–Crippen MR) is 112 cm³/mol. The van der Waals surface area contributed by atoms with Gasteiger partial charge in [0.1, 0.15) is 11.7 Å². The first-order valence-electron chi connectivity index (χ1n) is 9.34. The number of nitrogens with zero attached hydrogens (tertiary/aromatic N) is 2. The molecule has 1 heterocycles. The molecule has 0 spiro atoms. The monoisotopic (exact) mass is 423 g/mol. The fraction of sp³-hybridized carbons (Fsp3) is 0.450. The molecule has 2 rings (SSSR count). The Morgan fingerprint density at radius 2 is 2.04 bits per heavy atom. The van der Waals surface area contributed by atoms with Gasteiger partial charge in [-0.25, -0.2) is 9.78 Å². The van der Waals surface area contributed by atoms with E-state index in [4.69, 9.17) is 11.6 Å². The third-order valence-electron chi connectivity index (χ3n) is 4.54. The van der Waals surface area contributed by atoms with Gasteiger partial charge in [-0.1, -0.05) is 68.8 Å². The van der Waals surface area contributed by atoms with Gasteiger partial charge in [0, 0.05) is 10.8 Å². The maximum Gasteiger partial charge on any atom is 0.326 e. The molecular weight excluding hydrogens is 398 g/mol. The molecule has 2 aromatic rings. The lowest BCUT2D eigenvalue weighted by Crippen LogP contribution is -2.45. The minimum atomic E-state index is -1.04. The van der Waals surface area contributed by atoms with Crippen LogP contribution in [0, 0.1) is 5.92 Å². The fourth-order valence-corrected chi connectivity index (χ4v) is 3.72. The van der Waals surface area contributed by atoms with E-state index in [0.29, 0.717) is 28.8 Å². The van der Waals surface area contributed by atoms with E-state index < -0.39 is 17.9 Å². The van der Waals surface area contributed by atoms with Gasteiger partial charge in [0.25, 0.3) is 5.91 Å². The van der Waals surface area contributed by atoms with Crippen LogP contribution in [0.15, 0.2) is 35.6 Å². The smallest absolute Gasteiger partial charge is 0.326 e. The van der Waals surface area contributed by atoms with E-state index in [1.807, 2.05) is 32.0 Å². The van der Waals surface area contributed by atoms with Gasteiger partial charge in [-0.05, 0) is 24.0 Å². The lowest BCUT2D eigenvalue weighted by molar-refractivity contribution is -0.140. The second-order valence-electron chi connectivity index (χ2n) is 6.63. The van der Waals surface area contributed by atoms with Gasteiger partial charge >= 0.3 is 5.97 Å². The second-order valence-corrected chi connectivity index (χ2v) is 8.10. The van der Waals surface area contributed by atoms with E-state index >= 15 is 0 Å². The van der Waals surface area contributed by atoms with Crippen LogP contribution in [-0.2, 0) is 11.3 Å². The summed E-state index contributed by atoms with van der Waals surface area (Å²) >= 11 is 7.86. The number of benzene rings is 1. The summed E-state index contributed by atoms with van der Waals surface area (Å²) in [5.41, 5.74) is 1.19. The molecule has 0 aliphatic heterocycles. The van der Waals surface area contributed by atoms with E-state index in [0.717, 1.165) is 17.7 Å². The number of hydrogen-bond acceptors (Lipinski definition) is 4. The van der Waals surface area contributed by atoms with E-state index in [9.17, 15) is 14.7 Å². The molecule has 152 valence electrons. The molecule has 2 N–H and O–H groups in total. The number of carbonyl (C=O) groups is 2. The number of amides is 1. The van der Waals surface area contributed by atoms with Crippen LogP contribution in [0.5, 0.6) is 0 Å². The molecule has 28 heavy (non-hydrogen) atoms. The van der Waals surface area contributed by atoms with Gasteiger partial charge in [-0.3, -0.25) is 4.79 Å². The molecule has 0 bridgehead atoms. The van der Waals surface area contributed by atoms with Gasteiger partial charge in [-0.15, -0.1) is 0 Å². The Bertz CT molecular complexity index is 825. The molecule has 0 aliphatic carbocycles. The summed E-state index contributed by atoms with van der Waals surface area (Å²) in [6, 6.07) is 6.49. The van der Waals surface area contributed by atoms with Crippen molar-refractivity contribution in [3.05, 3.63) is 46.7 Å². The number of halogens is 1. The van der Waals surface area contributed by atoms with Gasteiger partial charge < -0.3 is 15.0 Å². The Morgan fingerprint density at radius 3 is 2.64 bits per heavy atom. The first kappa shape index (κ1) is 22.3. The van der Waals surface area contributed by atoms with Crippen molar-refractivity contribution in [2.45, 2.75) is 51.4 Å². The Balaban J connectivity index is 2.34. The van der Waals surface area contributed by atoms with Crippen LogP contribution in [0.25, 0.3) is 0 Å². The molecule has 6 nitrogen and oxygen atoms in total. The van der Waals surface area contributed by atoms with Gasteiger partial charge in [-0.2, -0.15) is 0 Å². The number of carboxylic acids is 1. The highest BCUT2D eigenvalue weighted by molar-refractivity contribution is 7.99. The number of nitrogens with one attached hydrogen (secondary N) is 1. The summed E-state index contributed by atoms with van der Waals surface area (Å²) in [7, 11) is 0. The molecule has 1 aromatic heterocycles. The third kappa shape index (κ3) is 5.52. The third-order valence-corrected chi connectivity index (χ3v) is 6.10. The van der Waals surface area contributed by atoms with Crippen molar-refractivity contribution in [3.8, 4) is 0 Å². The van der Waals surface area contributed by atoms with E-state index in [1.54, 1.807) is 22.4 Å². The van der Waals surface area contributed by atoms with Gasteiger partial charge in [0.2, 0.25) is 0 Å². The number of rotatable bonds is 10. The van der Waals surface area contributed by atoms with Gasteiger partial charge in [0.15, 0.2) is 5.16 Å². The van der Waals surface area contributed by atoms with E-state index in [1.165, 1.54) is 6.20 Å². The van der Waals surface area contributed by atoms with Crippen LogP contribution in [0.3, 0.4) is 0 Å². The SMILES string of the molecule is CCCSc1ncc(C(=O)N[C@H](C(=O)O)[C@@H](C)CC)n1Cc1ccccc1Cl. The van der Waals surface area contributed by atoms with Crippen LogP contribution in [0.1, 0.15) is 49.7 Å². The van der Waals surface area contributed by atoms with Crippen LogP contribution >= 0.6 is 23.4 Å². The fourth-order valence-electron chi connectivity index (χ4n) is 2.70. The Labute approximate surface area is 174 Å². The zero-order valence-electron chi connectivity index (χ0n) is 16.3. The Kier molecular flexibility index (Phi) is 8.38. The summed E-state index contributed by atoms with van der Waals surface area (Å²) in [6.07, 6.45) is 3.12. The average Bonchev–Trinajstić information content (AvgIpc) is 3.07. The predicted octanol–water partition coefficient (Wildman–Crippen LogP) is 4.32. The number of carbonyl (C=O) groups excluding carboxylic acids is 1. The normalized spacial score (nSPS) is 13.1. The number of hydrogen-bond donors (Lipinski definition) is 2. The second kappa shape index (κ2) is 10.5. The van der Waals surface area contributed by atoms with E-state index in [2.05, 4.69) is 17.2 Å². The van der Waals surface area contributed by atoms with Crippen molar-refractivity contribution in [2.24, 2.45) is 5.92 Å². The van der Waals surface area contributed by atoms with Crippen molar-refractivity contribution in [3.63, 3.8) is 0 Å². The van der Waals surface area contributed by atoms with Crippen LogP contribution in [0.2, 0.25) is 5.02 Å². The summed E-state index contributed by atoms with van der Waals surface area (Å²) < 4.78 is 1.80. The molecule has 0 unspecified atom stereocenters. The molecule has 8 heteroatoms. The highest BCUT2D eigenvalue weighted by Crippen LogP contribution is 2.24. The molecule has 2 atom stereocenters. The minimum Gasteiger partial charge on any atom is -0.480 e. The molecule has 1 amide bonds. The van der Waals surface area contributed by atoms with Crippen molar-refractivity contribution >= 4 is 35.2 Å². The molecule has 0 fully saturated rings. The van der Waals surface area contributed by atoms with Crippen molar-refractivity contribution in [2.75, 3.05) is 5.75 Å². The number of aliphatic carboxylic acids is 1. The first-order valence-corrected chi connectivity index (χ1v) is 10.7. The topological polar surface area (TPSA) is 84.2 Å². The van der Waals surface area contributed by atoms with E-state index in [-0.39, 0.29) is 5.92 Å². The quantitative estimate of drug-likeness (QED) is 0.556. The maximum atomic E-state index is 12.9. The number of imidazole rings is 1. The van der Waals surface area contributed by atoms with Crippen LogP contribution in [-0.4, -0.2) is 38.3 Å².